The Labute approximate surface area is 219 Å². The number of ether oxygens (including phenoxy) is 1. The number of halogens is 4. The van der Waals surface area contributed by atoms with Crippen molar-refractivity contribution in [3.05, 3.63) is 65.3 Å². The van der Waals surface area contributed by atoms with E-state index in [9.17, 15) is 13.2 Å². The average Bonchev–Trinajstić information content (AvgIpc) is 3.58. The van der Waals surface area contributed by atoms with Crippen molar-refractivity contribution in [2.75, 3.05) is 18.9 Å². The molecule has 0 radical (unpaired) electrons. The summed E-state index contributed by atoms with van der Waals surface area (Å²) in [5, 5.41) is 7.51. The predicted octanol–water partition coefficient (Wildman–Crippen LogP) is 5.99. The lowest BCUT2D eigenvalue weighted by molar-refractivity contribution is -0.137. The average molecular weight is 543 g/mol. The molecule has 0 saturated carbocycles. The molecule has 6 rings (SSSR count). The van der Waals surface area contributed by atoms with Gasteiger partial charge in [0.15, 0.2) is 17.1 Å². The number of hydrogen-bond donors (Lipinski definition) is 1. The Morgan fingerprint density at radius 3 is 2.71 bits per heavy atom. The van der Waals surface area contributed by atoms with Crippen molar-refractivity contribution >= 4 is 39.9 Å². The third-order valence-corrected chi connectivity index (χ3v) is 7.12. The Bertz CT molecular complexity index is 1660. The topological polar surface area (TPSA) is 85.4 Å². The molecule has 0 spiro atoms. The molecule has 38 heavy (non-hydrogen) atoms. The second kappa shape index (κ2) is 9.14. The number of fused-ring (bicyclic) bond motifs is 2. The molecule has 9 nitrogen and oxygen atoms in total. The van der Waals surface area contributed by atoms with Crippen molar-refractivity contribution in [3.8, 4) is 11.5 Å². The van der Waals surface area contributed by atoms with Gasteiger partial charge in [-0.05, 0) is 50.2 Å². The van der Waals surface area contributed by atoms with Gasteiger partial charge in [0.25, 0.3) is 0 Å². The summed E-state index contributed by atoms with van der Waals surface area (Å²) in [5.41, 5.74) is 1.59. The molecule has 13 heteroatoms. The number of hydrogen-bond acceptors (Lipinski definition) is 7. The molecule has 1 aliphatic rings. The first-order valence-corrected chi connectivity index (χ1v) is 12.2. The van der Waals surface area contributed by atoms with Crippen LogP contribution in [0, 0.1) is 0 Å². The van der Waals surface area contributed by atoms with Crippen LogP contribution in [0.2, 0.25) is 5.02 Å². The minimum Gasteiger partial charge on any atom is -0.450 e. The summed E-state index contributed by atoms with van der Waals surface area (Å²) in [6.45, 7) is 0.842. The molecule has 1 N–H and O–H groups in total. The van der Waals surface area contributed by atoms with Gasteiger partial charge in [-0.15, -0.1) is 0 Å². The van der Waals surface area contributed by atoms with Gasteiger partial charge >= 0.3 is 6.18 Å². The zero-order valence-corrected chi connectivity index (χ0v) is 21.1. The molecule has 1 unspecified atom stereocenters. The number of aryl methyl sites for hydroxylation is 1. The Kier molecular flexibility index (Phi) is 5.88. The van der Waals surface area contributed by atoms with Crippen LogP contribution < -0.4 is 10.1 Å². The van der Waals surface area contributed by atoms with Crippen molar-refractivity contribution in [2.45, 2.75) is 25.1 Å². The van der Waals surface area contributed by atoms with E-state index in [1.54, 1.807) is 47.0 Å². The summed E-state index contributed by atoms with van der Waals surface area (Å²) < 4.78 is 50.5. The predicted molar refractivity (Wildman–Crippen MR) is 136 cm³/mol. The lowest BCUT2D eigenvalue weighted by Gasteiger charge is -2.22. The molecule has 0 bridgehead atoms. The number of imidazole rings is 1. The summed E-state index contributed by atoms with van der Waals surface area (Å²) in [6, 6.07) is 3.97. The van der Waals surface area contributed by atoms with Crippen LogP contribution >= 0.6 is 11.6 Å². The first-order valence-electron chi connectivity index (χ1n) is 11.8. The fourth-order valence-electron chi connectivity index (χ4n) is 4.85. The molecule has 1 aliphatic heterocycles. The molecule has 1 saturated heterocycles. The number of benzene rings is 1. The highest BCUT2D eigenvalue weighted by Crippen LogP contribution is 2.39. The van der Waals surface area contributed by atoms with E-state index in [0.717, 1.165) is 25.5 Å². The smallest absolute Gasteiger partial charge is 0.416 e. The molecule has 1 fully saturated rings. The maximum absolute atomic E-state index is 13.8. The van der Waals surface area contributed by atoms with Crippen molar-refractivity contribution in [1.29, 1.82) is 0 Å². The number of nitrogens with zero attached hydrogens (tertiary/aromatic N) is 7. The molecule has 0 aliphatic carbocycles. The fourth-order valence-corrected chi connectivity index (χ4v) is 5.14. The van der Waals surface area contributed by atoms with Crippen molar-refractivity contribution < 1.29 is 17.9 Å². The van der Waals surface area contributed by atoms with Gasteiger partial charge in [0, 0.05) is 31.2 Å². The van der Waals surface area contributed by atoms with E-state index >= 15 is 0 Å². The zero-order chi connectivity index (χ0) is 26.6. The fraction of sp³-hybridized carbons (Fsp3) is 0.280. The molecule has 1 atom stereocenters. The van der Waals surface area contributed by atoms with E-state index in [2.05, 4.69) is 30.3 Å². The van der Waals surface area contributed by atoms with Crippen LogP contribution in [0.15, 0.2) is 49.2 Å². The van der Waals surface area contributed by atoms with E-state index in [0.29, 0.717) is 28.0 Å². The Morgan fingerprint density at radius 2 is 1.95 bits per heavy atom. The molecule has 4 aromatic heterocycles. The summed E-state index contributed by atoms with van der Waals surface area (Å²) in [5.74, 6) is 1.00. The number of anilines is 2. The second-order valence-corrected chi connectivity index (χ2v) is 9.60. The maximum Gasteiger partial charge on any atom is 0.416 e. The highest BCUT2D eigenvalue weighted by atomic mass is 35.5. The summed E-state index contributed by atoms with van der Waals surface area (Å²) >= 11 is 6.69. The highest BCUT2D eigenvalue weighted by molar-refractivity contribution is 6.36. The van der Waals surface area contributed by atoms with Crippen molar-refractivity contribution in [2.24, 2.45) is 7.05 Å². The number of pyridine rings is 1. The normalized spacial score (nSPS) is 16.5. The third-order valence-electron chi connectivity index (χ3n) is 6.76. The van der Waals surface area contributed by atoms with Gasteiger partial charge in [-0.3, -0.25) is 9.88 Å². The lowest BCUT2D eigenvalue weighted by Crippen LogP contribution is -2.18. The lowest BCUT2D eigenvalue weighted by atomic mass is 10.0. The van der Waals surface area contributed by atoms with Crippen LogP contribution in [0.1, 0.15) is 30.0 Å². The van der Waals surface area contributed by atoms with Crippen LogP contribution in [0.5, 0.6) is 11.5 Å². The largest absolute Gasteiger partial charge is 0.450 e. The zero-order valence-electron chi connectivity index (χ0n) is 20.4. The van der Waals surface area contributed by atoms with E-state index < -0.39 is 11.7 Å². The number of aromatic nitrogens is 6. The summed E-state index contributed by atoms with van der Waals surface area (Å²) in [7, 11) is 3.63. The molecular weight excluding hydrogens is 521 g/mol. The molecule has 1 aromatic carbocycles. The Balaban J connectivity index is 1.36. The van der Waals surface area contributed by atoms with Gasteiger partial charge in [0.2, 0.25) is 5.95 Å². The van der Waals surface area contributed by atoms with E-state index in [-0.39, 0.29) is 28.4 Å². The minimum atomic E-state index is -4.49. The highest BCUT2D eigenvalue weighted by Gasteiger charge is 2.33. The van der Waals surface area contributed by atoms with E-state index in [1.807, 2.05) is 7.05 Å². The van der Waals surface area contributed by atoms with Crippen LogP contribution in [-0.4, -0.2) is 47.6 Å². The van der Waals surface area contributed by atoms with E-state index in [1.165, 1.54) is 12.3 Å². The minimum absolute atomic E-state index is 0.0794. The van der Waals surface area contributed by atoms with Gasteiger partial charge in [-0.25, -0.2) is 9.50 Å². The molecule has 196 valence electrons. The SMILES string of the molecule is CN1CCCC1c1cc(Nc2nc3ncc(Oc4cnn5ccncc45)c(Cl)c3n2C)cc(C(F)(F)F)c1. The van der Waals surface area contributed by atoms with Gasteiger partial charge in [0.1, 0.15) is 16.1 Å². The van der Waals surface area contributed by atoms with Crippen LogP contribution in [0.25, 0.3) is 16.7 Å². The van der Waals surface area contributed by atoms with Crippen molar-refractivity contribution in [3.63, 3.8) is 0 Å². The molecule has 5 aromatic rings. The van der Waals surface area contributed by atoms with E-state index in [4.69, 9.17) is 16.3 Å². The third kappa shape index (κ3) is 4.29. The monoisotopic (exact) mass is 542 g/mol. The summed E-state index contributed by atoms with van der Waals surface area (Å²) in [4.78, 5) is 15.0. The van der Waals surface area contributed by atoms with Crippen LogP contribution in [0.3, 0.4) is 0 Å². The Morgan fingerprint density at radius 1 is 1.11 bits per heavy atom. The van der Waals surface area contributed by atoms with Crippen LogP contribution in [0.4, 0.5) is 24.8 Å². The van der Waals surface area contributed by atoms with Gasteiger partial charge in [-0.2, -0.15) is 23.3 Å². The van der Waals surface area contributed by atoms with Crippen LogP contribution in [-0.2, 0) is 13.2 Å². The molecule has 0 amide bonds. The first-order chi connectivity index (χ1) is 18.2. The quantitative estimate of drug-likeness (QED) is 0.292. The summed E-state index contributed by atoms with van der Waals surface area (Å²) in [6.07, 6.45) is 5.14. The van der Waals surface area contributed by atoms with Gasteiger partial charge in [-0.1, -0.05) is 11.6 Å². The maximum atomic E-state index is 13.8. The van der Waals surface area contributed by atoms with Gasteiger partial charge in [0.05, 0.1) is 24.2 Å². The molecular formula is C25H22ClF3N8O. The standard InChI is InChI=1S/C25H22ClF3N8O/c1-35-6-3-4-17(35)14-8-15(25(27,28)29)10-16(9-14)33-24-34-23-22(36(24)2)21(26)20(12-31-23)38-19-13-32-37-7-5-30-11-18(19)37/h5,7-13,17H,3-4,6H2,1-2H3,(H,31,33,34). The number of alkyl halides is 3. The molecule has 5 heterocycles. The Hall–Kier alpha value is -3.90. The van der Waals surface area contributed by atoms with Gasteiger partial charge < -0.3 is 14.6 Å². The number of likely N-dealkylation sites (tertiary alicyclic amines) is 1. The van der Waals surface area contributed by atoms with Crippen molar-refractivity contribution in [1.82, 2.24) is 34.0 Å². The number of rotatable bonds is 5. The second-order valence-electron chi connectivity index (χ2n) is 9.23. The number of nitrogens with one attached hydrogen (secondary N) is 1. The first kappa shape index (κ1) is 24.4.